The summed E-state index contributed by atoms with van der Waals surface area (Å²) in [5.41, 5.74) is 2.61. The zero-order valence-electron chi connectivity index (χ0n) is 14.6. The summed E-state index contributed by atoms with van der Waals surface area (Å²) in [4.78, 5) is 27.6. The Morgan fingerprint density at radius 1 is 1.20 bits per heavy atom. The van der Waals surface area contributed by atoms with Crippen LogP contribution in [0, 0.1) is 12.8 Å². The normalized spacial score (nSPS) is 24.8. The summed E-state index contributed by atoms with van der Waals surface area (Å²) in [5, 5.41) is 3.85. The van der Waals surface area contributed by atoms with Crippen LogP contribution in [0.2, 0.25) is 0 Å². The van der Waals surface area contributed by atoms with E-state index in [0.717, 1.165) is 48.9 Å². The van der Waals surface area contributed by atoms with Gasteiger partial charge < -0.3 is 14.8 Å². The number of fused-ring (bicyclic) bond motifs is 4. The second-order valence-electron chi connectivity index (χ2n) is 7.17. The van der Waals surface area contributed by atoms with Gasteiger partial charge in [0.15, 0.2) is 0 Å². The van der Waals surface area contributed by atoms with Crippen LogP contribution in [0.15, 0.2) is 24.4 Å². The first-order valence-electron chi connectivity index (χ1n) is 8.67. The van der Waals surface area contributed by atoms with Crippen LogP contribution < -0.4 is 5.32 Å². The van der Waals surface area contributed by atoms with E-state index in [1.165, 1.54) is 0 Å². The number of Topliss-reactive ketones (excluding diaryl/α,β-unsaturated/α-hetero) is 1. The fraction of sp³-hybridized carbons (Fsp3) is 0.474. The van der Waals surface area contributed by atoms with Crippen LogP contribution in [0.5, 0.6) is 0 Å². The van der Waals surface area contributed by atoms with E-state index in [0.29, 0.717) is 11.5 Å². The van der Waals surface area contributed by atoms with E-state index in [1.54, 1.807) is 6.20 Å². The first-order valence-corrected chi connectivity index (χ1v) is 8.67. The molecule has 0 unspecified atom stereocenters. The molecule has 2 bridgehead atoms. The van der Waals surface area contributed by atoms with Crippen molar-refractivity contribution in [1.82, 2.24) is 14.8 Å². The Balaban J connectivity index is 0.00000182. The largest absolute Gasteiger partial charge is 0.350 e. The Kier molecular flexibility index (Phi) is 4.89. The van der Waals surface area contributed by atoms with E-state index in [1.807, 2.05) is 36.7 Å². The molecule has 1 N–H and O–H groups in total. The molecule has 0 radical (unpaired) electrons. The van der Waals surface area contributed by atoms with Gasteiger partial charge in [-0.15, -0.1) is 12.4 Å². The molecule has 4 heterocycles. The third kappa shape index (κ3) is 3.07. The van der Waals surface area contributed by atoms with Crippen molar-refractivity contribution in [2.75, 3.05) is 19.6 Å². The number of carbonyl (C=O) groups excluding carboxylic acids is 2. The number of rotatable bonds is 3. The molecule has 1 aromatic carbocycles. The van der Waals surface area contributed by atoms with E-state index in [-0.39, 0.29) is 18.4 Å². The molecule has 5 nitrogen and oxygen atoms in total. The van der Waals surface area contributed by atoms with Gasteiger partial charge in [-0.25, -0.2) is 0 Å². The van der Waals surface area contributed by atoms with Crippen LogP contribution in [0.4, 0.5) is 0 Å². The molecule has 134 valence electrons. The summed E-state index contributed by atoms with van der Waals surface area (Å²) in [7, 11) is 1.91. The highest BCUT2D eigenvalue weighted by Gasteiger charge is 2.36. The molecular weight excluding hydrogens is 338 g/mol. The lowest BCUT2D eigenvalue weighted by Gasteiger charge is -2.44. The number of aromatic nitrogens is 1. The second kappa shape index (κ2) is 6.81. The molecule has 0 saturated carbocycles. The molecular formula is C19H24ClN3O2. The van der Waals surface area contributed by atoms with Crippen molar-refractivity contribution in [3.05, 3.63) is 35.5 Å². The number of hydrogen-bond donors (Lipinski definition) is 1. The van der Waals surface area contributed by atoms with Crippen molar-refractivity contribution in [3.8, 4) is 0 Å². The molecule has 1 amide bonds. The van der Waals surface area contributed by atoms with E-state index in [9.17, 15) is 9.59 Å². The molecule has 1 aromatic heterocycles. The monoisotopic (exact) mass is 361 g/mol. The van der Waals surface area contributed by atoms with Gasteiger partial charge in [-0.05, 0) is 44.3 Å². The number of carbonyl (C=O) groups is 2. The van der Waals surface area contributed by atoms with Crippen molar-refractivity contribution in [3.63, 3.8) is 0 Å². The number of nitrogens with zero attached hydrogens (tertiary/aromatic N) is 2. The van der Waals surface area contributed by atoms with Crippen LogP contribution in [0.3, 0.4) is 0 Å². The molecule has 6 heteroatoms. The summed E-state index contributed by atoms with van der Waals surface area (Å²) < 4.78 is 1.93. The summed E-state index contributed by atoms with van der Waals surface area (Å²) in [5.74, 6) is -0.382. The van der Waals surface area contributed by atoms with Crippen molar-refractivity contribution in [2.24, 2.45) is 13.0 Å². The highest BCUT2D eigenvalue weighted by atomic mass is 35.5. The first kappa shape index (κ1) is 18.0. The Bertz CT molecular complexity index is 821. The van der Waals surface area contributed by atoms with Crippen LogP contribution in [-0.2, 0) is 11.8 Å². The second-order valence-corrected chi connectivity index (χ2v) is 7.17. The summed E-state index contributed by atoms with van der Waals surface area (Å²) in [6, 6.07) is 5.97. The van der Waals surface area contributed by atoms with Gasteiger partial charge in [0.05, 0.1) is 11.1 Å². The molecule has 25 heavy (non-hydrogen) atoms. The number of hydrogen-bond acceptors (Lipinski definition) is 3. The van der Waals surface area contributed by atoms with Gasteiger partial charge in [0.2, 0.25) is 0 Å². The Morgan fingerprint density at radius 2 is 1.92 bits per heavy atom. The third-order valence-electron chi connectivity index (χ3n) is 5.63. The standard InChI is InChI=1S/C19H23N3O2.ClH/c1-12-4-3-5-14-15(10-21(2)17(12)14)18(23)19(24)20-16-11-22-8-6-13(16)7-9-22;/h3-5,10,13,16H,6-9,11H2,1-2H3,(H,20,24);1H/t16-;/m1./s1. The van der Waals surface area contributed by atoms with Gasteiger partial charge in [-0.1, -0.05) is 18.2 Å². The smallest absolute Gasteiger partial charge is 0.292 e. The van der Waals surface area contributed by atoms with Crippen LogP contribution in [-0.4, -0.2) is 46.8 Å². The molecule has 3 saturated heterocycles. The molecule has 5 rings (SSSR count). The van der Waals surface area contributed by atoms with Crippen LogP contribution in [0.25, 0.3) is 10.9 Å². The molecule has 3 fully saturated rings. The van der Waals surface area contributed by atoms with E-state index in [2.05, 4.69) is 10.2 Å². The summed E-state index contributed by atoms with van der Waals surface area (Å²) >= 11 is 0. The predicted octanol–water partition coefficient (Wildman–Crippen LogP) is 2.30. The Morgan fingerprint density at radius 3 is 2.56 bits per heavy atom. The highest BCUT2D eigenvalue weighted by Crippen LogP contribution is 2.28. The third-order valence-corrected chi connectivity index (χ3v) is 5.63. The van der Waals surface area contributed by atoms with Gasteiger partial charge in [0.1, 0.15) is 0 Å². The molecule has 3 aliphatic rings. The maximum absolute atomic E-state index is 12.7. The molecule has 0 aliphatic carbocycles. The minimum Gasteiger partial charge on any atom is -0.350 e. The minimum absolute atomic E-state index is 0. The molecule has 1 atom stereocenters. The molecule has 2 aromatic rings. The maximum Gasteiger partial charge on any atom is 0.292 e. The lowest BCUT2D eigenvalue weighted by molar-refractivity contribution is -0.119. The summed E-state index contributed by atoms with van der Waals surface area (Å²) in [6.45, 7) is 5.13. The first-order chi connectivity index (χ1) is 11.5. The lowest BCUT2D eigenvalue weighted by atomic mass is 9.84. The number of piperidine rings is 3. The van der Waals surface area contributed by atoms with Crippen molar-refractivity contribution >= 4 is 35.0 Å². The topological polar surface area (TPSA) is 54.3 Å². The number of ketones is 1. The number of amides is 1. The summed E-state index contributed by atoms with van der Waals surface area (Å²) in [6.07, 6.45) is 4.01. The maximum atomic E-state index is 12.7. The molecule has 0 spiro atoms. The van der Waals surface area contributed by atoms with Crippen LogP contribution in [0.1, 0.15) is 28.8 Å². The zero-order chi connectivity index (χ0) is 16.8. The van der Waals surface area contributed by atoms with E-state index >= 15 is 0 Å². The van der Waals surface area contributed by atoms with Gasteiger partial charge >= 0.3 is 0 Å². The minimum atomic E-state index is -0.470. The zero-order valence-corrected chi connectivity index (χ0v) is 15.4. The SMILES string of the molecule is Cc1cccc2c(C(=O)C(=O)N[C@@H]3CN4CCC3CC4)cn(C)c12.Cl. The van der Waals surface area contributed by atoms with Gasteiger partial charge in [0, 0.05) is 31.2 Å². The fourth-order valence-electron chi connectivity index (χ4n) is 4.34. The van der Waals surface area contributed by atoms with Gasteiger partial charge in [-0.3, -0.25) is 9.59 Å². The van der Waals surface area contributed by atoms with Crippen LogP contribution >= 0.6 is 12.4 Å². The van der Waals surface area contributed by atoms with E-state index in [4.69, 9.17) is 0 Å². The lowest BCUT2D eigenvalue weighted by Crippen LogP contribution is -2.58. The Hall–Kier alpha value is -1.85. The average Bonchev–Trinajstić information content (AvgIpc) is 2.93. The fourth-order valence-corrected chi connectivity index (χ4v) is 4.34. The molecule has 3 aliphatic heterocycles. The number of nitrogens with one attached hydrogen (secondary N) is 1. The van der Waals surface area contributed by atoms with Crippen molar-refractivity contribution < 1.29 is 9.59 Å². The predicted molar refractivity (Wildman–Crippen MR) is 100 cm³/mol. The number of aryl methyl sites for hydroxylation is 2. The number of halogens is 1. The average molecular weight is 362 g/mol. The van der Waals surface area contributed by atoms with Crippen molar-refractivity contribution in [1.29, 1.82) is 0 Å². The van der Waals surface area contributed by atoms with Gasteiger partial charge in [-0.2, -0.15) is 0 Å². The van der Waals surface area contributed by atoms with E-state index < -0.39 is 11.7 Å². The number of benzene rings is 1. The highest BCUT2D eigenvalue weighted by molar-refractivity contribution is 6.45. The Labute approximate surface area is 153 Å². The number of para-hydroxylation sites is 1. The van der Waals surface area contributed by atoms with Gasteiger partial charge in [0.25, 0.3) is 11.7 Å². The van der Waals surface area contributed by atoms with Crippen molar-refractivity contribution in [2.45, 2.75) is 25.8 Å². The quantitative estimate of drug-likeness (QED) is 0.674.